The number of hydrogen-bond acceptors (Lipinski definition) is 3. The Bertz CT molecular complexity index is 338. The van der Waals surface area contributed by atoms with Gasteiger partial charge in [-0.3, -0.25) is 0 Å². The van der Waals surface area contributed by atoms with Crippen LogP contribution in [0.25, 0.3) is 0 Å². The molecule has 0 radical (unpaired) electrons. The van der Waals surface area contributed by atoms with Gasteiger partial charge in [-0.1, -0.05) is 12.1 Å². The van der Waals surface area contributed by atoms with E-state index >= 15 is 0 Å². The fourth-order valence-electron chi connectivity index (χ4n) is 2.13. The Morgan fingerprint density at radius 3 is 3.13 bits per heavy atom. The highest BCUT2D eigenvalue weighted by molar-refractivity contribution is 5.62. The van der Waals surface area contributed by atoms with E-state index in [0.717, 1.165) is 37.4 Å². The molecule has 3 nitrogen and oxygen atoms in total. The molecule has 3 heteroatoms. The number of para-hydroxylation sites is 1. The van der Waals surface area contributed by atoms with Gasteiger partial charge in [0, 0.05) is 6.54 Å². The normalized spacial score (nSPS) is 20.0. The minimum absolute atomic E-state index is 0.589. The van der Waals surface area contributed by atoms with Gasteiger partial charge in [0.1, 0.15) is 5.75 Å². The Kier molecular flexibility index (Phi) is 3.11. The Labute approximate surface area is 90.6 Å². The van der Waals surface area contributed by atoms with Gasteiger partial charge in [-0.25, -0.2) is 0 Å². The second kappa shape index (κ2) is 4.53. The second-order valence-electron chi connectivity index (χ2n) is 4.02. The number of benzene rings is 1. The maximum atomic E-state index is 5.74. The molecule has 0 aliphatic carbocycles. The van der Waals surface area contributed by atoms with Crippen molar-refractivity contribution in [1.82, 2.24) is 0 Å². The maximum Gasteiger partial charge on any atom is 0.142 e. The molecule has 0 spiro atoms. The first-order valence-corrected chi connectivity index (χ1v) is 5.45. The predicted octanol–water partition coefficient (Wildman–Crippen LogP) is 1.63. The summed E-state index contributed by atoms with van der Waals surface area (Å²) in [5.41, 5.74) is 8.21. The number of nitrogens with one attached hydrogen (secondary N) is 1. The van der Waals surface area contributed by atoms with Crippen molar-refractivity contribution in [3.63, 3.8) is 0 Å². The molecule has 0 saturated carbocycles. The molecule has 1 aromatic rings. The summed E-state index contributed by atoms with van der Waals surface area (Å²) >= 11 is 0. The van der Waals surface area contributed by atoms with Crippen molar-refractivity contribution >= 4 is 5.69 Å². The largest absolute Gasteiger partial charge is 0.495 e. The fourth-order valence-corrected chi connectivity index (χ4v) is 2.13. The van der Waals surface area contributed by atoms with Crippen molar-refractivity contribution in [1.29, 1.82) is 0 Å². The lowest BCUT2D eigenvalue weighted by atomic mass is 9.97. The van der Waals surface area contributed by atoms with E-state index in [2.05, 4.69) is 11.4 Å². The average molecular weight is 206 g/mol. The number of ether oxygens (including phenoxy) is 1. The third-order valence-electron chi connectivity index (χ3n) is 3.03. The molecule has 0 fully saturated rings. The molecule has 1 aromatic carbocycles. The summed E-state index contributed by atoms with van der Waals surface area (Å²) in [5.74, 6) is 1.52. The quantitative estimate of drug-likeness (QED) is 0.773. The van der Waals surface area contributed by atoms with E-state index < -0.39 is 0 Å². The molecule has 0 aromatic heterocycles. The van der Waals surface area contributed by atoms with Crippen LogP contribution >= 0.6 is 0 Å². The Morgan fingerprint density at radius 1 is 1.53 bits per heavy atom. The van der Waals surface area contributed by atoms with Crippen LogP contribution < -0.4 is 15.8 Å². The molecule has 82 valence electrons. The topological polar surface area (TPSA) is 47.3 Å². The van der Waals surface area contributed by atoms with Gasteiger partial charge >= 0.3 is 0 Å². The van der Waals surface area contributed by atoms with Gasteiger partial charge in [0.25, 0.3) is 0 Å². The molecule has 0 bridgehead atoms. The van der Waals surface area contributed by atoms with E-state index in [9.17, 15) is 0 Å². The van der Waals surface area contributed by atoms with E-state index in [0.29, 0.717) is 5.92 Å². The Morgan fingerprint density at radius 2 is 2.40 bits per heavy atom. The molecular formula is C12H18N2O. The molecule has 1 atom stereocenters. The first-order chi connectivity index (χ1) is 7.35. The van der Waals surface area contributed by atoms with Crippen LogP contribution in [0.5, 0.6) is 5.75 Å². The highest BCUT2D eigenvalue weighted by Crippen LogP contribution is 2.32. The molecule has 2 rings (SSSR count). The number of hydrogen-bond donors (Lipinski definition) is 2. The standard InChI is InChI=1S/C12H18N2O/c1-15-11-4-2-3-10-7-9(8-13)5-6-14-12(10)11/h2-4,9,14H,5-8,13H2,1H3. The number of anilines is 1. The highest BCUT2D eigenvalue weighted by Gasteiger charge is 2.17. The van der Waals surface area contributed by atoms with Gasteiger partial charge in [0.05, 0.1) is 12.8 Å². The van der Waals surface area contributed by atoms with Crippen molar-refractivity contribution in [2.75, 3.05) is 25.5 Å². The monoisotopic (exact) mass is 206 g/mol. The lowest BCUT2D eigenvalue weighted by Crippen LogP contribution is -2.17. The number of fused-ring (bicyclic) bond motifs is 1. The third-order valence-corrected chi connectivity index (χ3v) is 3.03. The summed E-state index contributed by atoms with van der Waals surface area (Å²) in [6.07, 6.45) is 2.18. The van der Waals surface area contributed by atoms with Gasteiger partial charge in [0.15, 0.2) is 0 Å². The lowest BCUT2D eigenvalue weighted by Gasteiger charge is -2.12. The SMILES string of the molecule is COc1cccc2c1NCCC(CN)C2. The molecule has 3 N–H and O–H groups in total. The summed E-state index contributed by atoms with van der Waals surface area (Å²) in [5, 5.41) is 3.43. The zero-order valence-electron chi connectivity index (χ0n) is 9.12. The van der Waals surface area contributed by atoms with Gasteiger partial charge < -0.3 is 15.8 Å². The van der Waals surface area contributed by atoms with Crippen molar-refractivity contribution in [3.05, 3.63) is 23.8 Å². The maximum absolute atomic E-state index is 5.74. The van der Waals surface area contributed by atoms with Crippen LogP contribution in [0.1, 0.15) is 12.0 Å². The van der Waals surface area contributed by atoms with E-state index in [1.165, 1.54) is 5.56 Å². The van der Waals surface area contributed by atoms with Crippen LogP contribution in [0.3, 0.4) is 0 Å². The fraction of sp³-hybridized carbons (Fsp3) is 0.500. The molecule has 1 aliphatic heterocycles. The molecule has 15 heavy (non-hydrogen) atoms. The predicted molar refractivity (Wildman–Crippen MR) is 62.3 cm³/mol. The van der Waals surface area contributed by atoms with Gasteiger partial charge in [-0.05, 0) is 36.9 Å². The van der Waals surface area contributed by atoms with Crippen LogP contribution in [0.2, 0.25) is 0 Å². The molecule has 0 amide bonds. The van der Waals surface area contributed by atoms with Crippen molar-refractivity contribution < 1.29 is 4.74 Å². The highest BCUT2D eigenvalue weighted by atomic mass is 16.5. The molecule has 1 heterocycles. The number of nitrogens with two attached hydrogens (primary N) is 1. The first kappa shape index (κ1) is 10.3. The van der Waals surface area contributed by atoms with E-state index in [1.807, 2.05) is 12.1 Å². The molecule has 1 unspecified atom stereocenters. The van der Waals surface area contributed by atoms with Crippen LogP contribution in [-0.4, -0.2) is 20.2 Å². The number of methoxy groups -OCH3 is 1. The number of rotatable bonds is 2. The minimum atomic E-state index is 0.589. The Hall–Kier alpha value is -1.22. The smallest absolute Gasteiger partial charge is 0.142 e. The lowest BCUT2D eigenvalue weighted by molar-refractivity contribution is 0.416. The van der Waals surface area contributed by atoms with E-state index in [1.54, 1.807) is 7.11 Å². The second-order valence-corrected chi connectivity index (χ2v) is 4.02. The zero-order chi connectivity index (χ0) is 10.7. The minimum Gasteiger partial charge on any atom is -0.495 e. The van der Waals surface area contributed by atoms with Gasteiger partial charge in [0.2, 0.25) is 0 Å². The zero-order valence-corrected chi connectivity index (χ0v) is 9.12. The third kappa shape index (κ3) is 2.07. The van der Waals surface area contributed by atoms with E-state index in [-0.39, 0.29) is 0 Å². The van der Waals surface area contributed by atoms with Crippen molar-refractivity contribution in [2.24, 2.45) is 11.7 Å². The molecular weight excluding hydrogens is 188 g/mol. The van der Waals surface area contributed by atoms with Crippen LogP contribution in [-0.2, 0) is 6.42 Å². The van der Waals surface area contributed by atoms with Crippen LogP contribution in [0.15, 0.2) is 18.2 Å². The van der Waals surface area contributed by atoms with Crippen LogP contribution in [0.4, 0.5) is 5.69 Å². The van der Waals surface area contributed by atoms with Gasteiger partial charge in [-0.15, -0.1) is 0 Å². The van der Waals surface area contributed by atoms with Crippen molar-refractivity contribution in [2.45, 2.75) is 12.8 Å². The van der Waals surface area contributed by atoms with Crippen LogP contribution in [0, 0.1) is 5.92 Å². The first-order valence-electron chi connectivity index (χ1n) is 5.45. The van der Waals surface area contributed by atoms with Crippen molar-refractivity contribution in [3.8, 4) is 5.75 Å². The Balaban J connectivity index is 2.32. The summed E-state index contributed by atoms with van der Waals surface area (Å²) < 4.78 is 5.34. The summed E-state index contributed by atoms with van der Waals surface area (Å²) in [4.78, 5) is 0. The molecule has 0 saturated heterocycles. The summed E-state index contributed by atoms with van der Waals surface area (Å²) in [6.45, 7) is 1.74. The molecule has 1 aliphatic rings. The van der Waals surface area contributed by atoms with Gasteiger partial charge in [-0.2, -0.15) is 0 Å². The summed E-state index contributed by atoms with van der Waals surface area (Å²) in [7, 11) is 1.71. The van der Waals surface area contributed by atoms with E-state index in [4.69, 9.17) is 10.5 Å². The summed E-state index contributed by atoms with van der Waals surface area (Å²) in [6, 6.07) is 6.19. The average Bonchev–Trinajstić information content (AvgIpc) is 2.49.